The molecule has 2 fully saturated rings. The zero-order valence-electron chi connectivity index (χ0n) is 11.6. The van der Waals surface area contributed by atoms with Gasteiger partial charge >= 0.3 is 6.03 Å². The largest absolute Gasteiger partial charge is 0.354 e. The summed E-state index contributed by atoms with van der Waals surface area (Å²) >= 11 is 1.93. The highest BCUT2D eigenvalue weighted by molar-refractivity contribution is 8.00. The van der Waals surface area contributed by atoms with Crippen LogP contribution in [0.2, 0.25) is 0 Å². The first-order chi connectivity index (χ1) is 9.06. The Morgan fingerprint density at radius 1 is 1.42 bits per heavy atom. The van der Waals surface area contributed by atoms with E-state index in [-0.39, 0.29) is 24.0 Å². The molecule has 3 atom stereocenters. The third-order valence-electron chi connectivity index (χ3n) is 3.53. The molecule has 0 aromatic rings. The summed E-state index contributed by atoms with van der Waals surface area (Å²) in [5.41, 5.74) is 0. The molecule has 0 spiro atoms. The summed E-state index contributed by atoms with van der Waals surface area (Å²) < 4.78 is 0. The van der Waals surface area contributed by atoms with Gasteiger partial charge in [-0.25, -0.2) is 4.79 Å². The second kappa shape index (κ2) is 6.50. The van der Waals surface area contributed by atoms with E-state index in [0.717, 1.165) is 25.0 Å². The molecule has 19 heavy (non-hydrogen) atoms. The van der Waals surface area contributed by atoms with Crippen molar-refractivity contribution in [1.29, 1.82) is 0 Å². The van der Waals surface area contributed by atoms with E-state index in [9.17, 15) is 9.59 Å². The highest BCUT2D eigenvalue weighted by atomic mass is 32.2. The number of nitrogens with one attached hydrogen (secondary N) is 3. The summed E-state index contributed by atoms with van der Waals surface area (Å²) in [6, 6.07) is 0.767. The van der Waals surface area contributed by atoms with E-state index in [1.165, 1.54) is 0 Å². The predicted octanol–water partition coefficient (Wildman–Crippen LogP) is 1.24. The zero-order valence-corrected chi connectivity index (χ0v) is 12.4. The van der Waals surface area contributed by atoms with Crippen molar-refractivity contribution in [1.82, 2.24) is 16.0 Å². The second-order valence-electron chi connectivity index (χ2n) is 5.59. The Morgan fingerprint density at radius 3 is 2.95 bits per heavy atom. The topological polar surface area (TPSA) is 70.2 Å². The average Bonchev–Trinajstić information content (AvgIpc) is 2.83. The van der Waals surface area contributed by atoms with Crippen LogP contribution in [-0.2, 0) is 4.79 Å². The van der Waals surface area contributed by atoms with Crippen LogP contribution in [-0.4, -0.2) is 41.1 Å². The van der Waals surface area contributed by atoms with Gasteiger partial charge in [0.25, 0.3) is 0 Å². The molecule has 2 rings (SSSR count). The number of thioether (sulfide) groups is 1. The molecular weight excluding hydrogens is 262 g/mol. The third-order valence-corrected chi connectivity index (χ3v) is 5.04. The van der Waals surface area contributed by atoms with Gasteiger partial charge in [-0.3, -0.25) is 4.79 Å². The molecule has 0 radical (unpaired) electrons. The van der Waals surface area contributed by atoms with Gasteiger partial charge in [0.2, 0.25) is 5.91 Å². The SMILES string of the molecule is CC(C)NC(=O)CCCC[C@@H]1SCC2NC(=O)NC21. The Balaban J connectivity index is 1.61. The fourth-order valence-corrected chi connectivity index (χ4v) is 4.21. The number of carbonyl (C=O) groups is 2. The van der Waals surface area contributed by atoms with Crippen molar-refractivity contribution in [2.75, 3.05) is 5.75 Å². The van der Waals surface area contributed by atoms with Crippen molar-refractivity contribution in [3.63, 3.8) is 0 Å². The van der Waals surface area contributed by atoms with Crippen LogP contribution in [0, 0.1) is 0 Å². The lowest BCUT2D eigenvalue weighted by atomic mass is 10.0. The van der Waals surface area contributed by atoms with Crippen LogP contribution in [0.1, 0.15) is 39.5 Å². The van der Waals surface area contributed by atoms with Crippen LogP contribution in [0.4, 0.5) is 4.79 Å². The van der Waals surface area contributed by atoms with Crippen LogP contribution < -0.4 is 16.0 Å². The van der Waals surface area contributed by atoms with Gasteiger partial charge < -0.3 is 16.0 Å². The number of urea groups is 1. The van der Waals surface area contributed by atoms with Crippen molar-refractivity contribution in [3.05, 3.63) is 0 Å². The summed E-state index contributed by atoms with van der Waals surface area (Å²) in [6.07, 6.45) is 3.65. The van der Waals surface area contributed by atoms with Crippen LogP contribution in [0.3, 0.4) is 0 Å². The molecule has 0 saturated carbocycles. The first-order valence-corrected chi connectivity index (χ1v) is 8.09. The average molecular weight is 285 g/mol. The number of fused-ring (bicyclic) bond motifs is 1. The Hall–Kier alpha value is -0.910. The summed E-state index contributed by atoms with van der Waals surface area (Å²) in [7, 11) is 0. The quantitative estimate of drug-likeness (QED) is 0.508. The van der Waals surface area contributed by atoms with E-state index >= 15 is 0 Å². The van der Waals surface area contributed by atoms with Gasteiger partial charge in [-0.2, -0.15) is 11.8 Å². The van der Waals surface area contributed by atoms with Crippen LogP contribution >= 0.6 is 11.8 Å². The smallest absolute Gasteiger partial charge is 0.315 e. The molecule has 0 bridgehead atoms. The van der Waals surface area contributed by atoms with E-state index in [4.69, 9.17) is 0 Å². The van der Waals surface area contributed by atoms with E-state index in [1.54, 1.807) is 0 Å². The Morgan fingerprint density at radius 2 is 2.21 bits per heavy atom. The van der Waals surface area contributed by atoms with Gasteiger partial charge in [0.1, 0.15) is 0 Å². The van der Waals surface area contributed by atoms with Gasteiger partial charge in [-0.05, 0) is 26.7 Å². The van der Waals surface area contributed by atoms with Gasteiger partial charge in [0, 0.05) is 23.5 Å². The molecule has 108 valence electrons. The second-order valence-corrected chi connectivity index (χ2v) is 6.86. The number of carbonyl (C=O) groups excluding carboxylic acids is 2. The number of hydrogen-bond acceptors (Lipinski definition) is 3. The number of amides is 3. The number of unbranched alkanes of at least 4 members (excludes halogenated alkanes) is 1. The first kappa shape index (κ1) is 14.5. The molecule has 0 aromatic carbocycles. The van der Waals surface area contributed by atoms with Crippen LogP contribution in [0.15, 0.2) is 0 Å². The molecule has 2 unspecified atom stereocenters. The van der Waals surface area contributed by atoms with Gasteiger partial charge in [-0.1, -0.05) is 6.42 Å². The molecule has 5 nitrogen and oxygen atoms in total. The Bertz CT molecular complexity index is 349. The third kappa shape index (κ3) is 4.03. The van der Waals surface area contributed by atoms with E-state index in [2.05, 4.69) is 16.0 Å². The molecule has 2 saturated heterocycles. The molecule has 3 N–H and O–H groups in total. The zero-order chi connectivity index (χ0) is 13.8. The van der Waals surface area contributed by atoms with Gasteiger partial charge in [0.15, 0.2) is 0 Å². The van der Waals surface area contributed by atoms with Gasteiger partial charge in [0.05, 0.1) is 12.1 Å². The minimum Gasteiger partial charge on any atom is -0.354 e. The van der Waals surface area contributed by atoms with E-state index < -0.39 is 0 Å². The maximum absolute atomic E-state index is 11.5. The summed E-state index contributed by atoms with van der Waals surface area (Å²) in [6.45, 7) is 3.95. The standard InChI is InChI=1S/C13H23N3O2S/c1-8(2)14-11(17)6-4-3-5-10-12-9(7-19-10)15-13(18)16-12/h8-10,12H,3-7H2,1-2H3,(H,14,17)(H2,15,16,18)/t9?,10-,12?/m0/s1. The monoisotopic (exact) mass is 285 g/mol. The van der Waals surface area contributed by atoms with Crippen molar-refractivity contribution >= 4 is 23.7 Å². The lowest BCUT2D eigenvalue weighted by molar-refractivity contribution is -0.121. The molecule has 0 aliphatic carbocycles. The van der Waals surface area contributed by atoms with Crippen molar-refractivity contribution in [3.8, 4) is 0 Å². The van der Waals surface area contributed by atoms with E-state index in [0.29, 0.717) is 17.7 Å². The molecule has 2 aliphatic heterocycles. The summed E-state index contributed by atoms with van der Waals surface area (Å²) in [5.74, 6) is 1.14. The van der Waals surface area contributed by atoms with Crippen LogP contribution in [0.5, 0.6) is 0 Å². The molecular formula is C13H23N3O2S. The van der Waals surface area contributed by atoms with Crippen molar-refractivity contribution < 1.29 is 9.59 Å². The van der Waals surface area contributed by atoms with Crippen molar-refractivity contribution in [2.45, 2.75) is 62.9 Å². The van der Waals surface area contributed by atoms with Crippen LogP contribution in [0.25, 0.3) is 0 Å². The maximum atomic E-state index is 11.5. The summed E-state index contributed by atoms with van der Waals surface area (Å²) in [5, 5.41) is 9.33. The fourth-order valence-electron chi connectivity index (χ4n) is 2.67. The first-order valence-electron chi connectivity index (χ1n) is 7.04. The highest BCUT2D eigenvalue weighted by Crippen LogP contribution is 2.33. The number of rotatable bonds is 6. The lowest BCUT2D eigenvalue weighted by Crippen LogP contribution is -2.36. The highest BCUT2D eigenvalue weighted by Gasteiger charge is 2.42. The molecule has 3 amide bonds. The minimum atomic E-state index is -0.0309. The number of hydrogen-bond donors (Lipinski definition) is 3. The maximum Gasteiger partial charge on any atom is 0.315 e. The Labute approximate surface area is 118 Å². The van der Waals surface area contributed by atoms with Crippen molar-refractivity contribution in [2.24, 2.45) is 0 Å². The predicted molar refractivity (Wildman–Crippen MR) is 77.2 cm³/mol. The normalized spacial score (nSPS) is 29.0. The molecule has 2 aliphatic rings. The lowest BCUT2D eigenvalue weighted by Gasteiger charge is -2.16. The Kier molecular flexibility index (Phi) is 4.96. The molecule has 0 aromatic heterocycles. The molecule has 2 heterocycles. The van der Waals surface area contributed by atoms with Gasteiger partial charge in [-0.15, -0.1) is 0 Å². The molecule has 6 heteroatoms. The minimum absolute atomic E-state index is 0.0309. The fraction of sp³-hybridized carbons (Fsp3) is 0.846. The summed E-state index contributed by atoms with van der Waals surface area (Å²) in [4.78, 5) is 22.7. The van der Waals surface area contributed by atoms with E-state index in [1.807, 2.05) is 25.6 Å².